The standard InChI is InChI=1S/C21H40O5/c1-2-3-4-5-6-7-8-9-10-11-12-13-14-15-25-16-19(23)21-20(24)18(22)17-26-21/h9-10,18-24H,2-8,11-17H2,1H3/b10-9+/t18-,19+,20-,21-/m1/s1. The van der Waals surface area contributed by atoms with Crippen LogP contribution in [0.1, 0.15) is 77.6 Å². The molecule has 3 N–H and O–H groups in total. The van der Waals surface area contributed by atoms with Crippen molar-refractivity contribution in [3.8, 4) is 0 Å². The first kappa shape index (κ1) is 23.6. The average molecular weight is 373 g/mol. The van der Waals surface area contributed by atoms with Gasteiger partial charge in [-0.3, -0.25) is 0 Å². The molecule has 0 bridgehead atoms. The summed E-state index contributed by atoms with van der Waals surface area (Å²) in [7, 11) is 0. The van der Waals surface area contributed by atoms with Crippen molar-refractivity contribution in [1.82, 2.24) is 0 Å². The van der Waals surface area contributed by atoms with Crippen molar-refractivity contribution >= 4 is 0 Å². The molecular formula is C21H40O5. The number of ether oxygens (including phenoxy) is 2. The fourth-order valence-corrected chi connectivity index (χ4v) is 3.18. The summed E-state index contributed by atoms with van der Waals surface area (Å²) in [5.74, 6) is 0. The van der Waals surface area contributed by atoms with E-state index >= 15 is 0 Å². The smallest absolute Gasteiger partial charge is 0.114 e. The van der Waals surface area contributed by atoms with Gasteiger partial charge in [0.05, 0.1) is 13.2 Å². The first-order chi connectivity index (χ1) is 12.7. The van der Waals surface area contributed by atoms with Gasteiger partial charge in [0.2, 0.25) is 0 Å². The Bertz CT molecular complexity index is 347. The zero-order valence-corrected chi connectivity index (χ0v) is 16.5. The molecule has 154 valence electrons. The van der Waals surface area contributed by atoms with E-state index in [1.807, 2.05) is 0 Å². The number of aliphatic hydroxyl groups excluding tert-OH is 3. The first-order valence-corrected chi connectivity index (χ1v) is 10.5. The van der Waals surface area contributed by atoms with E-state index in [0.717, 1.165) is 25.7 Å². The second-order valence-corrected chi connectivity index (χ2v) is 7.38. The molecule has 26 heavy (non-hydrogen) atoms. The molecule has 0 amide bonds. The fraction of sp³-hybridized carbons (Fsp3) is 0.905. The molecule has 0 aromatic carbocycles. The molecule has 1 heterocycles. The summed E-state index contributed by atoms with van der Waals surface area (Å²) in [5.41, 5.74) is 0. The number of aliphatic hydroxyl groups is 3. The van der Waals surface area contributed by atoms with E-state index in [1.165, 1.54) is 44.9 Å². The van der Waals surface area contributed by atoms with Crippen molar-refractivity contribution < 1.29 is 24.8 Å². The minimum atomic E-state index is -1.03. The van der Waals surface area contributed by atoms with Crippen LogP contribution >= 0.6 is 0 Å². The van der Waals surface area contributed by atoms with Crippen molar-refractivity contribution in [3.05, 3.63) is 12.2 Å². The summed E-state index contributed by atoms with van der Waals surface area (Å²) in [4.78, 5) is 0. The Morgan fingerprint density at radius 3 is 2.19 bits per heavy atom. The molecule has 1 fully saturated rings. The predicted octanol–water partition coefficient (Wildman–Crippen LogP) is 3.35. The molecule has 5 nitrogen and oxygen atoms in total. The highest BCUT2D eigenvalue weighted by Gasteiger charge is 2.39. The normalized spacial score (nSPS) is 24.5. The molecule has 0 spiro atoms. The zero-order valence-electron chi connectivity index (χ0n) is 16.5. The second-order valence-electron chi connectivity index (χ2n) is 7.38. The molecule has 4 atom stereocenters. The largest absolute Gasteiger partial charge is 0.388 e. The van der Waals surface area contributed by atoms with Gasteiger partial charge in [0.1, 0.15) is 24.4 Å². The van der Waals surface area contributed by atoms with Gasteiger partial charge < -0.3 is 24.8 Å². The predicted molar refractivity (Wildman–Crippen MR) is 104 cm³/mol. The molecule has 1 saturated heterocycles. The molecule has 0 aromatic heterocycles. The van der Waals surface area contributed by atoms with E-state index in [9.17, 15) is 15.3 Å². The lowest BCUT2D eigenvalue weighted by atomic mass is 10.1. The highest BCUT2D eigenvalue weighted by molar-refractivity contribution is 4.87. The summed E-state index contributed by atoms with van der Waals surface area (Å²) < 4.78 is 10.6. The van der Waals surface area contributed by atoms with Gasteiger partial charge >= 0.3 is 0 Å². The number of unbranched alkanes of at least 4 members (excludes halogenated alkanes) is 9. The van der Waals surface area contributed by atoms with Crippen LogP contribution in [0.4, 0.5) is 0 Å². The third-order valence-electron chi connectivity index (χ3n) is 4.91. The maximum Gasteiger partial charge on any atom is 0.114 e. The van der Waals surface area contributed by atoms with Crippen molar-refractivity contribution in [1.29, 1.82) is 0 Å². The van der Waals surface area contributed by atoms with Crippen molar-refractivity contribution in [2.75, 3.05) is 19.8 Å². The molecular weight excluding hydrogens is 332 g/mol. The highest BCUT2D eigenvalue weighted by atomic mass is 16.5. The number of hydrogen-bond acceptors (Lipinski definition) is 5. The molecule has 0 unspecified atom stereocenters. The summed E-state index contributed by atoms with van der Waals surface area (Å²) in [6.45, 7) is 3.05. The van der Waals surface area contributed by atoms with Crippen LogP contribution in [0.3, 0.4) is 0 Å². The molecule has 0 radical (unpaired) electrons. The Morgan fingerprint density at radius 1 is 0.962 bits per heavy atom. The molecule has 1 rings (SSSR count). The van der Waals surface area contributed by atoms with Gasteiger partial charge in [0, 0.05) is 6.61 Å². The van der Waals surface area contributed by atoms with Gasteiger partial charge in [-0.2, -0.15) is 0 Å². The quantitative estimate of drug-likeness (QED) is 0.286. The zero-order chi connectivity index (χ0) is 19.0. The van der Waals surface area contributed by atoms with Gasteiger partial charge in [0.25, 0.3) is 0 Å². The summed E-state index contributed by atoms with van der Waals surface area (Å²) in [5, 5.41) is 29.0. The van der Waals surface area contributed by atoms with E-state index in [1.54, 1.807) is 0 Å². The van der Waals surface area contributed by atoms with Crippen LogP contribution < -0.4 is 0 Å². The van der Waals surface area contributed by atoms with Crippen LogP contribution in [0.5, 0.6) is 0 Å². The van der Waals surface area contributed by atoms with E-state index in [-0.39, 0.29) is 13.2 Å². The molecule has 1 aliphatic heterocycles. The van der Waals surface area contributed by atoms with Crippen LogP contribution in [0.25, 0.3) is 0 Å². The molecule has 0 saturated carbocycles. The third kappa shape index (κ3) is 10.6. The van der Waals surface area contributed by atoms with Gasteiger partial charge in [-0.15, -0.1) is 0 Å². The summed E-state index contributed by atoms with van der Waals surface area (Å²) in [6, 6.07) is 0. The Balaban J connectivity index is 1.84. The number of rotatable bonds is 16. The molecule has 0 aromatic rings. The summed E-state index contributed by atoms with van der Waals surface area (Å²) in [6.07, 6.45) is 14.7. The van der Waals surface area contributed by atoms with Gasteiger partial charge in [0.15, 0.2) is 0 Å². The minimum absolute atomic E-state index is 0.0648. The summed E-state index contributed by atoms with van der Waals surface area (Å²) >= 11 is 0. The lowest BCUT2D eigenvalue weighted by Gasteiger charge is -2.20. The Kier molecular flexibility index (Phi) is 14.1. The Hall–Kier alpha value is -0.460. The Morgan fingerprint density at radius 2 is 1.58 bits per heavy atom. The van der Waals surface area contributed by atoms with Crippen LogP contribution in [0.15, 0.2) is 12.2 Å². The van der Waals surface area contributed by atoms with Gasteiger partial charge in [-0.25, -0.2) is 0 Å². The van der Waals surface area contributed by atoms with Crippen LogP contribution in [0, 0.1) is 0 Å². The third-order valence-corrected chi connectivity index (χ3v) is 4.91. The molecule has 0 aliphatic carbocycles. The van der Waals surface area contributed by atoms with Crippen LogP contribution in [0.2, 0.25) is 0 Å². The maximum absolute atomic E-state index is 9.91. The van der Waals surface area contributed by atoms with Crippen molar-refractivity contribution in [3.63, 3.8) is 0 Å². The lowest BCUT2D eigenvalue weighted by molar-refractivity contribution is -0.0813. The fourth-order valence-electron chi connectivity index (χ4n) is 3.18. The molecule has 1 aliphatic rings. The number of hydrogen-bond donors (Lipinski definition) is 3. The van der Waals surface area contributed by atoms with E-state index in [2.05, 4.69) is 19.1 Å². The lowest BCUT2D eigenvalue weighted by Crippen LogP contribution is -2.40. The minimum Gasteiger partial charge on any atom is -0.388 e. The van der Waals surface area contributed by atoms with E-state index < -0.39 is 24.4 Å². The highest BCUT2D eigenvalue weighted by Crippen LogP contribution is 2.18. The number of allylic oxidation sites excluding steroid dienone is 2. The first-order valence-electron chi connectivity index (χ1n) is 10.5. The second kappa shape index (κ2) is 15.6. The van der Waals surface area contributed by atoms with Crippen LogP contribution in [-0.4, -0.2) is 59.6 Å². The van der Waals surface area contributed by atoms with Gasteiger partial charge in [-0.05, 0) is 32.1 Å². The van der Waals surface area contributed by atoms with Crippen molar-refractivity contribution in [2.45, 2.75) is 102 Å². The maximum atomic E-state index is 9.91. The Labute approximate surface area is 159 Å². The van der Waals surface area contributed by atoms with Gasteiger partial charge in [-0.1, -0.05) is 57.6 Å². The van der Waals surface area contributed by atoms with Crippen molar-refractivity contribution in [2.24, 2.45) is 0 Å². The SMILES string of the molecule is CCCCCCCC/C=C/CCCCCOC[C@H](O)[C@H]1OC[C@@H](O)[C@H]1O. The van der Waals surface area contributed by atoms with E-state index in [0.29, 0.717) is 6.61 Å². The topological polar surface area (TPSA) is 79.2 Å². The van der Waals surface area contributed by atoms with E-state index in [4.69, 9.17) is 9.47 Å². The molecule has 5 heteroatoms. The average Bonchev–Trinajstić information content (AvgIpc) is 2.97. The van der Waals surface area contributed by atoms with Crippen LogP contribution in [-0.2, 0) is 9.47 Å². The monoisotopic (exact) mass is 372 g/mol.